The van der Waals surface area contributed by atoms with Crippen molar-refractivity contribution in [3.05, 3.63) is 29.8 Å². The zero-order valence-corrected chi connectivity index (χ0v) is 12.2. The fourth-order valence-electron chi connectivity index (χ4n) is 2.45. The van der Waals surface area contributed by atoms with E-state index in [1.165, 1.54) is 6.54 Å². The van der Waals surface area contributed by atoms with Crippen molar-refractivity contribution in [1.29, 1.82) is 0 Å². The van der Waals surface area contributed by atoms with E-state index < -0.39 is 0 Å². The smallest absolute Gasteiger partial charge is 0.163 e. The average molecular weight is 278 g/mol. The molecule has 1 aliphatic rings. The van der Waals surface area contributed by atoms with Crippen molar-refractivity contribution in [3.8, 4) is 5.75 Å². The number of nitrogens with one attached hydrogen (secondary N) is 1. The fraction of sp³-hybridized carbons (Fsp3) is 0.562. The van der Waals surface area contributed by atoms with Crippen LogP contribution >= 0.6 is 0 Å². The predicted octanol–water partition coefficient (Wildman–Crippen LogP) is 0.963. The maximum Gasteiger partial charge on any atom is 0.163 e. The van der Waals surface area contributed by atoms with Crippen LogP contribution in [0.3, 0.4) is 0 Å². The summed E-state index contributed by atoms with van der Waals surface area (Å²) in [6.07, 6.45) is 2.17. The Bertz CT molecular complexity index is 427. The number of rotatable bonds is 7. The summed E-state index contributed by atoms with van der Waals surface area (Å²) in [4.78, 5) is 13.1. The van der Waals surface area contributed by atoms with Gasteiger partial charge in [0.1, 0.15) is 18.8 Å². The van der Waals surface area contributed by atoms with Crippen LogP contribution in [0.2, 0.25) is 0 Å². The molecule has 1 aliphatic heterocycles. The Morgan fingerprint density at radius 2 is 2.00 bits per heavy atom. The van der Waals surface area contributed by atoms with E-state index in [0.717, 1.165) is 39.1 Å². The summed E-state index contributed by atoms with van der Waals surface area (Å²) >= 11 is 0. The zero-order chi connectivity index (χ0) is 14.2. The Labute approximate surface area is 120 Å². The van der Waals surface area contributed by atoms with Crippen LogP contribution in [0, 0.1) is 0 Å². The van der Waals surface area contributed by atoms with Crippen molar-refractivity contribution in [1.82, 2.24) is 0 Å². The summed E-state index contributed by atoms with van der Waals surface area (Å²) in [7, 11) is 0. The SMILES string of the molecule is CC(=O)c1ccccc1OCCCC[NH+]1CCOCC1. The highest BCUT2D eigenvalue weighted by atomic mass is 16.5. The van der Waals surface area contributed by atoms with E-state index in [0.29, 0.717) is 17.9 Å². The molecule has 1 fully saturated rings. The third-order valence-electron chi connectivity index (χ3n) is 3.65. The van der Waals surface area contributed by atoms with Gasteiger partial charge < -0.3 is 14.4 Å². The second-order valence-corrected chi connectivity index (χ2v) is 5.22. The van der Waals surface area contributed by atoms with Gasteiger partial charge in [0.15, 0.2) is 5.78 Å². The van der Waals surface area contributed by atoms with E-state index in [9.17, 15) is 4.79 Å². The van der Waals surface area contributed by atoms with Gasteiger partial charge in [0.2, 0.25) is 0 Å². The van der Waals surface area contributed by atoms with E-state index in [4.69, 9.17) is 9.47 Å². The molecule has 1 aromatic rings. The molecule has 4 heteroatoms. The van der Waals surface area contributed by atoms with E-state index in [-0.39, 0.29) is 5.78 Å². The predicted molar refractivity (Wildman–Crippen MR) is 77.6 cm³/mol. The molecule has 1 aromatic carbocycles. The molecule has 0 aromatic heterocycles. The molecule has 0 spiro atoms. The Morgan fingerprint density at radius 1 is 1.25 bits per heavy atom. The van der Waals surface area contributed by atoms with Gasteiger partial charge in [0.05, 0.1) is 31.9 Å². The first-order chi connectivity index (χ1) is 9.77. The van der Waals surface area contributed by atoms with Crippen LogP contribution in [-0.4, -0.2) is 45.2 Å². The number of unbranched alkanes of at least 4 members (excludes halogenated alkanes) is 1. The van der Waals surface area contributed by atoms with Crippen LogP contribution in [-0.2, 0) is 4.74 Å². The first-order valence-electron chi connectivity index (χ1n) is 7.41. The quantitative estimate of drug-likeness (QED) is 0.596. The third kappa shape index (κ3) is 4.62. The van der Waals surface area contributed by atoms with Crippen molar-refractivity contribution in [3.63, 3.8) is 0 Å². The van der Waals surface area contributed by atoms with Crippen molar-refractivity contribution >= 4 is 5.78 Å². The number of quaternary nitrogens is 1. The van der Waals surface area contributed by atoms with Gasteiger partial charge in [0.25, 0.3) is 0 Å². The topological polar surface area (TPSA) is 40.0 Å². The lowest BCUT2D eigenvalue weighted by molar-refractivity contribution is -0.908. The number of morpholine rings is 1. The number of hydrogen-bond acceptors (Lipinski definition) is 3. The Morgan fingerprint density at radius 3 is 2.75 bits per heavy atom. The van der Waals surface area contributed by atoms with Crippen molar-refractivity contribution < 1.29 is 19.2 Å². The Hall–Kier alpha value is -1.39. The normalized spacial score (nSPS) is 16.1. The van der Waals surface area contributed by atoms with Gasteiger partial charge in [-0.1, -0.05) is 12.1 Å². The number of carbonyl (C=O) groups is 1. The summed E-state index contributed by atoms with van der Waals surface area (Å²) < 4.78 is 11.1. The molecule has 0 amide bonds. The number of para-hydroxylation sites is 1. The minimum atomic E-state index is 0.0540. The standard InChI is InChI=1S/C16H23NO3/c1-14(18)15-6-2-3-7-16(15)20-11-5-4-8-17-9-12-19-13-10-17/h2-3,6-7H,4-5,8-13H2,1H3/p+1. The molecule has 0 bridgehead atoms. The summed E-state index contributed by atoms with van der Waals surface area (Å²) in [6.45, 7) is 7.44. The second kappa shape index (κ2) is 8.02. The molecule has 110 valence electrons. The van der Waals surface area contributed by atoms with Crippen LogP contribution in [0.1, 0.15) is 30.1 Å². The molecular weight excluding hydrogens is 254 g/mol. The van der Waals surface area contributed by atoms with Gasteiger partial charge in [0, 0.05) is 0 Å². The molecule has 0 aliphatic carbocycles. The summed E-state index contributed by atoms with van der Waals surface area (Å²) in [6, 6.07) is 7.45. The average Bonchev–Trinajstić information content (AvgIpc) is 2.48. The van der Waals surface area contributed by atoms with Crippen molar-refractivity contribution in [2.45, 2.75) is 19.8 Å². The zero-order valence-electron chi connectivity index (χ0n) is 12.2. The molecule has 4 nitrogen and oxygen atoms in total. The van der Waals surface area contributed by atoms with Gasteiger partial charge in [-0.05, 0) is 31.9 Å². The minimum absolute atomic E-state index is 0.0540. The van der Waals surface area contributed by atoms with Crippen molar-refractivity contribution in [2.75, 3.05) is 39.5 Å². The lowest BCUT2D eigenvalue weighted by atomic mass is 10.1. The fourth-order valence-corrected chi connectivity index (χ4v) is 2.45. The number of Topliss-reactive ketones (excluding diaryl/α,β-unsaturated/α-hetero) is 1. The molecular formula is C16H24NO3+. The van der Waals surface area contributed by atoms with Gasteiger partial charge in [-0.2, -0.15) is 0 Å². The summed E-state index contributed by atoms with van der Waals surface area (Å²) in [5, 5.41) is 0. The van der Waals surface area contributed by atoms with Crippen LogP contribution in [0.5, 0.6) is 5.75 Å². The minimum Gasteiger partial charge on any atom is -0.493 e. The molecule has 0 saturated carbocycles. The lowest BCUT2D eigenvalue weighted by Crippen LogP contribution is -3.14. The molecule has 1 saturated heterocycles. The molecule has 2 rings (SSSR count). The second-order valence-electron chi connectivity index (χ2n) is 5.22. The van der Waals surface area contributed by atoms with Crippen molar-refractivity contribution in [2.24, 2.45) is 0 Å². The third-order valence-corrected chi connectivity index (χ3v) is 3.65. The molecule has 1 N–H and O–H groups in total. The molecule has 20 heavy (non-hydrogen) atoms. The highest BCUT2D eigenvalue weighted by Gasteiger charge is 2.12. The number of carbonyl (C=O) groups excluding carboxylic acids is 1. The Kier molecular flexibility index (Phi) is 6.02. The van der Waals surface area contributed by atoms with Crippen LogP contribution < -0.4 is 9.64 Å². The van der Waals surface area contributed by atoms with E-state index >= 15 is 0 Å². The van der Waals surface area contributed by atoms with Gasteiger partial charge in [-0.25, -0.2) is 0 Å². The number of benzene rings is 1. The van der Waals surface area contributed by atoms with E-state index in [1.54, 1.807) is 11.8 Å². The number of ether oxygens (including phenoxy) is 2. The largest absolute Gasteiger partial charge is 0.493 e. The molecule has 0 radical (unpaired) electrons. The molecule has 0 unspecified atom stereocenters. The first kappa shape index (κ1) is 15.0. The number of ketones is 1. The monoisotopic (exact) mass is 278 g/mol. The Balaban J connectivity index is 1.67. The van der Waals surface area contributed by atoms with Crippen LogP contribution in [0.25, 0.3) is 0 Å². The van der Waals surface area contributed by atoms with Gasteiger partial charge in [-0.15, -0.1) is 0 Å². The molecule has 0 atom stereocenters. The number of hydrogen-bond donors (Lipinski definition) is 1. The molecule has 1 heterocycles. The maximum absolute atomic E-state index is 11.5. The summed E-state index contributed by atoms with van der Waals surface area (Å²) in [5.74, 6) is 0.761. The highest BCUT2D eigenvalue weighted by Crippen LogP contribution is 2.18. The maximum atomic E-state index is 11.5. The summed E-state index contributed by atoms with van der Waals surface area (Å²) in [5.41, 5.74) is 0.673. The lowest BCUT2D eigenvalue weighted by Gasteiger charge is -2.23. The van der Waals surface area contributed by atoms with Crippen LogP contribution in [0.15, 0.2) is 24.3 Å². The van der Waals surface area contributed by atoms with Crippen LogP contribution in [0.4, 0.5) is 0 Å². The first-order valence-corrected chi connectivity index (χ1v) is 7.41. The van der Waals surface area contributed by atoms with E-state index in [2.05, 4.69) is 0 Å². The van der Waals surface area contributed by atoms with Gasteiger partial charge >= 0.3 is 0 Å². The van der Waals surface area contributed by atoms with Gasteiger partial charge in [-0.3, -0.25) is 4.79 Å². The van der Waals surface area contributed by atoms with E-state index in [1.807, 2.05) is 24.3 Å². The highest BCUT2D eigenvalue weighted by molar-refractivity contribution is 5.96.